The molecule has 0 spiro atoms. The highest BCUT2D eigenvalue weighted by atomic mass is 19.1. The van der Waals surface area contributed by atoms with Gasteiger partial charge in [0.05, 0.1) is 6.10 Å². The first kappa shape index (κ1) is 11.7. The highest BCUT2D eigenvalue weighted by Gasteiger charge is 2.07. The fraction of sp³-hybridized carbons (Fsp3) is 0.333. The van der Waals surface area contributed by atoms with E-state index in [0.717, 1.165) is 5.57 Å². The fourth-order valence-electron chi connectivity index (χ4n) is 1.09. The predicted octanol–water partition coefficient (Wildman–Crippen LogP) is 2.83. The molecule has 3 heteroatoms. The van der Waals surface area contributed by atoms with Crippen molar-refractivity contribution >= 4 is 0 Å². The highest BCUT2D eigenvalue weighted by molar-refractivity contribution is 5.30. The van der Waals surface area contributed by atoms with Crippen LogP contribution < -0.4 is 4.74 Å². The number of aliphatic hydroxyl groups is 1. The molecule has 0 aliphatic rings. The second kappa shape index (κ2) is 4.94. The van der Waals surface area contributed by atoms with Gasteiger partial charge in [-0.3, -0.25) is 0 Å². The molecule has 2 nitrogen and oxygen atoms in total. The summed E-state index contributed by atoms with van der Waals surface area (Å²) in [5, 5.41) is 9.24. The smallest absolute Gasteiger partial charge is 0.165 e. The number of ether oxygens (including phenoxy) is 1. The van der Waals surface area contributed by atoms with Crippen molar-refractivity contribution in [2.45, 2.75) is 20.0 Å². The zero-order chi connectivity index (χ0) is 11.4. The molecule has 0 saturated carbocycles. The van der Waals surface area contributed by atoms with Gasteiger partial charge in [-0.2, -0.15) is 0 Å². The average molecular weight is 210 g/mol. The van der Waals surface area contributed by atoms with Crippen molar-refractivity contribution in [2.24, 2.45) is 0 Å². The van der Waals surface area contributed by atoms with Gasteiger partial charge in [-0.25, -0.2) is 4.39 Å². The van der Waals surface area contributed by atoms with E-state index in [1.807, 2.05) is 6.92 Å². The van der Waals surface area contributed by atoms with Gasteiger partial charge < -0.3 is 9.84 Å². The average Bonchev–Trinajstić information content (AvgIpc) is 2.15. The molecular weight excluding hydrogens is 195 g/mol. The maximum Gasteiger partial charge on any atom is 0.165 e. The van der Waals surface area contributed by atoms with Crippen LogP contribution in [-0.2, 0) is 0 Å². The van der Waals surface area contributed by atoms with Crippen LogP contribution in [0.25, 0.3) is 0 Å². The molecule has 82 valence electrons. The van der Waals surface area contributed by atoms with E-state index in [-0.39, 0.29) is 5.75 Å². The number of aliphatic hydroxyl groups excluding tert-OH is 1. The molecule has 0 amide bonds. The molecule has 1 aromatic carbocycles. The Hall–Kier alpha value is -1.35. The molecule has 0 aromatic heterocycles. The maximum atomic E-state index is 13.4. The Morgan fingerprint density at radius 1 is 1.60 bits per heavy atom. The van der Waals surface area contributed by atoms with Gasteiger partial charge in [-0.15, -0.1) is 0 Å². The van der Waals surface area contributed by atoms with E-state index in [9.17, 15) is 9.50 Å². The summed E-state index contributed by atoms with van der Waals surface area (Å²) in [7, 11) is 0. The Morgan fingerprint density at radius 3 is 2.73 bits per heavy atom. The normalized spacial score (nSPS) is 12.3. The molecule has 0 saturated heterocycles. The molecule has 0 heterocycles. The van der Waals surface area contributed by atoms with Gasteiger partial charge in [0.1, 0.15) is 6.61 Å². The molecule has 1 atom stereocenters. The van der Waals surface area contributed by atoms with E-state index in [1.54, 1.807) is 13.0 Å². The summed E-state index contributed by atoms with van der Waals surface area (Å²) in [4.78, 5) is 0. The number of rotatable bonds is 4. The standard InChI is InChI=1S/C12H15FO2/c1-8(2)7-15-12-5-4-10(9(3)14)6-11(12)13/h4-6,9,14H,1,7H2,2-3H3/t9-/m1/s1. The van der Waals surface area contributed by atoms with Crippen LogP contribution >= 0.6 is 0 Å². The molecule has 1 N–H and O–H groups in total. The first-order valence-electron chi connectivity index (χ1n) is 4.75. The number of hydrogen-bond donors (Lipinski definition) is 1. The molecule has 1 aromatic rings. The predicted molar refractivity (Wildman–Crippen MR) is 57.3 cm³/mol. The van der Waals surface area contributed by atoms with Crippen LogP contribution in [0, 0.1) is 5.82 Å². The number of benzene rings is 1. The minimum Gasteiger partial charge on any atom is -0.486 e. The first-order valence-corrected chi connectivity index (χ1v) is 4.75. The van der Waals surface area contributed by atoms with Crippen LogP contribution in [0.15, 0.2) is 30.4 Å². The summed E-state index contributed by atoms with van der Waals surface area (Å²) in [6, 6.07) is 4.43. The Bertz CT molecular complexity index is 359. The van der Waals surface area contributed by atoms with Crippen LogP contribution in [0.2, 0.25) is 0 Å². The van der Waals surface area contributed by atoms with Crippen molar-refractivity contribution in [1.82, 2.24) is 0 Å². The summed E-state index contributed by atoms with van der Waals surface area (Å²) >= 11 is 0. The zero-order valence-electron chi connectivity index (χ0n) is 8.96. The van der Waals surface area contributed by atoms with Crippen molar-refractivity contribution in [1.29, 1.82) is 0 Å². The Balaban J connectivity index is 2.79. The summed E-state index contributed by atoms with van der Waals surface area (Å²) in [5.41, 5.74) is 1.36. The summed E-state index contributed by atoms with van der Waals surface area (Å²) in [5.74, 6) is -0.281. The number of halogens is 1. The molecule has 1 rings (SSSR count). The van der Waals surface area contributed by atoms with Gasteiger partial charge in [0.2, 0.25) is 0 Å². The second-order valence-corrected chi connectivity index (χ2v) is 3.61. The van der Waals surface area contributed by atoms with Crippen LogP contribution in [0.3, 0.4) is 0 Å². The minimum absolute atomic E-state index is 0.183. The van der Waals surface area contributed by atoms with Gasteiger partial charge in [-0.05, 0) is 37.1 Å². The largest absolute Gasteiger partial charge is 0.486 e. The minimum atomic E-state index is -0.672. The maximum absolute atomic E-state index is 13.4. The van der Waals surface area contributed by atoms with E-state index in [2.05, 4.69) is 6.58 Å². The first-order chi connectivity index (χ1) is 7.00. The lowest BCUT2D eigenvalue weighted by Crippen LogP contribution is -2.01. The molecule has 0 aliphatic heterocycles. The fourth-order valence-corrected chi connectivity index (χ4v) is 1.09. The van der Waals surface area contributed by atoms with Gasteiger partial charge >= 0.3 is 0 Å². The monoisotopic (exact) mass is 210 g/mol. The Morgan fingerprint density at radius 2 is 2.27 bits per heavy atom. The van der Waals surface area contributed by atoms with Gasteiger partial charge in [0.15, 0.2) is 11.6 Å². The molecule has 0 unspecified atom stereocenters. The van der Waals surface area contributed by atoms with Crippen LogP contribution in [0.4, 0.5) is 4.39 Å². The molecular formula is C12H15FO2. The third kappa shape index (κ3) is 3.36. The van der Waals surface area contributed by atoms with Gasteiger partial charge in [-0.1, -0.05) is 12.6 Å². The van der Waals surface area contributed by atoms with Crippen LogP contribution in [0.5, 0.6) is 5.75 Å². The van der Waals surface area contributed by atoms with E-state index in [1.165, 1.54) is 12.1 Å². The van der Waals surface area contributed by atoms with Crippen molar-refractivity contribution in [3.63, 3.8) is 0 Å². The van der Waals surface area contributed by atoms with Crippen LogP contribution in [0.1, 0.15) is 25.5 Å². The van der Waals surface area contributed by atoms with Gasteiger partial charge in [0.25, 0.3) is 0 Å². The Labute approximate surface area is 89.0 Å². The third-order valence-corrected chi connectivity index (χ3v) is 1.91. The SMILES string of the molecule is C=C(C)COc1ccc([C@@H](C)O)cc1F. The molecule has 15 heavy (non-hydrogen) atoms. The highest BCUT2D eigenvalue weighted by Crippen LogP contribution is 2.22. The molecule has 0 fully saturated rings. The van der Waals surface area contributed by atoms with E-state index < -0.39 is 11.9 Å². The van der Waals surface area contributed by atoms with E-state index >= 15 is 0 Å². The van der Waals surface area contributed by atoms with Crippen molar-refractivity contribution < 1.29 is 14.2 Å². The lowest BCUT2D eigenvalue weighted by molar-refractivity contribution is 0.198. The van der Waals surface area contributed by atoms with Crippen molar-refractivity contribution in [2.75, 3.05) is 6.61 Å². The van der Waals surface area contributed by atoms with E-state index in [4.69, 9.17) is 4.74 Å². The van der Waals surface area contributed by atoms with Gasteiger partial charge in [0, 0.05) is 0 Å². The second-order valence-electron chi connectivity index (χ2n) is 3.61. The lowest BCUT2D eigenvalue weighted by atomic mass is 10.1. The van der Waals surface area contributed by atoms with Crippen LogP contribution in [-0.4, -0.2) is 11.7 Å². The number of hydrogen-bond acceptors (Lipinski definition) is 2. The third-order valence-electron chi connectivity index (χ3n) is 1.91. The molecule has 0 radical (unpaired) electrons. The van der Waals surface area contributed by atoms with Crippen molar-refractivity contribution in [3.05, 3.63) is 41.7 Å². The summed E-state index contributed by atoms with van der Waals surface area (Å²) in [6.45, 7) is 7.35. The van der Waals surface area contributed by atoms with E-state index in [0.29, 0.717) is 12.2 Å². The summed E-state index contributed by atoms with van der Waals surface area (Å²) < 4.78 is 18.6. The topological polar surface area (TPSA) is 29.5 Å². The molecule has 0 bridgehead atoms. The Kier molecular flexibility index (Phi) is 3.86. The summed E-state index contributed by atoms with van der Waals surface area (Å²) in [6.07, 6.45) is -0.672. The lowest BCUT2D eigenvalue weighted by Gasteiger charge is -2.09. The van der Waals surface area contributed by atoms with Crippen molar-refractivity contribution in [3.8, 4) is 5.75 Å². The molecule has 0 aliphatic carbocycles. The quantitative estimate of drug-likeness (QED) is 0.774. The zero-order valence-corrected chi connectivity index (χ0v) is 8.96.